The minimum absolute atomic E-state index is 0.467. The van der Waals surface area contributed by atoms with Crippen LogP contribution >= 0.6 is 7.60 Å². The molecule has 0 aliphatic heterocycles. The minimum atomic E-state index is -3.84. The highest BCUT2D eigenvalue weighted by Gasteiger charge is 2.22. The first-order chi connectivity index (χ1) is 14.8. The van der Waals surface area contributed by atoms with Gasteiger partial charge in [0.25, 0.3) is 0 Å². The van der Waals surface area contributed by atoms with Crippen LogP contribution in [0.2, 0.25) is 0 Å². The molecular weight excluding hydrogens is 407 g/mol. The molecule has 0 aliphatic rings. The maximum absolute atomic E-state index is 10.9. The summed E-state index contributed by atoms with van der Waals surface area (Å²) in [6.07, 6.45) is 19.9. The summed E-state index contributed by atoms with van der Waals surface area (Å²) in [5.74, 6) is 0. The molecule has 0 aliphatic carbocycles. The lowest BCUT2D eigenvalue weighted by Crippen LogP contribution is -2.06. The minimum Gasteiger partial charge on any atom is -0.324 e. The van der Waals surface area contributed by atoms with E-state index in [9.17, 15) is 4.57 Å². The molecule has 0 aromatic heterocycles. The third-order valence-electron chi connectivity index (χ3n) is 5.36. The molecular formula is C25H59N2O3P. The van der Waals surface area contributed by atoms with Crippen LogP contribution in [0.25, 0.3) is 0 Å². The van der Waals surface area contributed by atoms with Gasteiger partial charge in [0.05, 0.1) is 5.66 Å². The predicted molar refractivity (Wildman–Crippen MR) is 140 cm³/mol. The molecule has 1 unspecified atom stereocenters. The first-order valence-electron chi connectivity index (χ1n) is 13.2. The maximum atomic E-state index is 10.9. The van der Waals surface area contributed by atoms with Gasteiger partial charge >= 0.3 is 7.60 Å². The van der Waals surface area contributed by atoms with E-state index in [-0.39, 0.29) is 0 Å². The van der Waals surface area contributed by atoms with E-state index in [4.69, 9.17) is 9.79 Å². The topological polar surface area (TPSA) is 81.6 Å². The Labute approximate surface area is 196 Å². The van der Waals surface area contributed by atoms with Gasteiger partial charge in [0, 0.05) is 0 Å². The van der Waals surface area contributed by atoms with Gasteiger partial charge in [-0.25, -0.2) is 0 Å². The first-order valence-corrected chi connectivity index (χ1v) is 14.8. The number of unbranched alkanes of at least 4 members (excludes halogenated alkanes) is 12. The summed E-state index contributed by atoms with van der Waals surface area (Å²) < 4.78 is 10.9. The second-order valence-electron chi connectivity index (χ2n) is 8.68. The molecule has 0 aromatic carbocycles. The van der Waals surface area contributed by atoms with E-state index in [1.54, 1.807) is 6.92 Å². The zero-order chi connectivity index (χ0) is 24.2. The highest BCUT2D eigenvalue weighted by molar-refractivity contribution is 7.52. The monoisotopic (exact) mass is 466 g/mol. The summed E-state index contributed by atoms with van der Waals surface area (Å²) in [5, 5.41) is 6.14. The van der Waals surface area contributed by atoms with Crippen molar-refractivity contribution in [2.75, 3.05) is 27.2 Å². The molecule has 1 atom stereocenters. The lowest BCUT2D eigenvalue weighted by molar-refractivity contribution is 0.355. The van der Waals surface area contributed by atoms with Crippen molar-refractivity contribution >= 4 is 7.60 Å². The summed E-state index contributed by atoms with van der Waals surface area (Å²) in [5.41, 5.74) is -0.467. The molecule has 0 radical (unpaired) electrons. The molecule has 0 spiro atoms. The maximum Gasteiger partial charge on any atom is 0.328 e. The molecule has 31 heavy (non-hydrogen) atoms. The zero-order valence-corrected chi connectivity index (χ0v) is 22.9. The van der Waals surface area contributed by atoms with E-state index in [0.717, 1.165) is 25.9 Å². The van der Waals surface area contributed by atoms with Gasteiger partial charge in [0.2, 0.25) is 0 Å². The fourth-order valence-electron chi connectivity index (χ4n) is 2.98. The Morgan fingerprint density at radius 3 is 1.19 bits per heavy atom. The van der Waals surface area contributed by atoms with Crippen molar-refractivity contribution in [3.8, 4) is 0 Å². The van der Waals surface area contributed by atoms with Crippen molar-refractivity contribution < 1.29 is 14.4 Å². The van der Waals surface area contributed by atoms with Crippen LogP contribution in [0.15, 0.2) is 0 Å². The van der Waals surface area contributed by atoms with Gasteiger partial charge < -0.3 is 20.4 Å². The second kappa shape index (κ2) is 30.1. The van der Waals surface area contributed by atoms with E-state index >= 15 is 0 Å². The van der Waals surface area contributed by atoms with E-state index in [1.807, 2.05) is 14.1 Å². The van der Waals surface area contributed by atoms with E-state index < -0.39 is 13.3 Å². The highest BCUT2D eigenvalue weighted by atomic mass is 31.2. The smallest absolute Gasteiger partial charge is 0.324 e. The zero-order valence-electron chi connectivity index (χ0n) is 22.1. The van der Waals surface area contributed by atoms with Crippen LogP contribution in [-0.4, -0.2) is 42.6 Å². The Morgan fingerprint density at radius 2 is 0.935 bits per heavy atom. The van der Waals surface area contributed by atoms with Crippen LogP contribution in [0.5, 0.6) is 0 Å². The van der Waals surface area contributed by atoms with Gasteiger partial charge in [-0.05, 0) is 46.4 Å². The lowest BCUT2D eigenvalue weighted by atomic mass is 10.0. The molecule has 6 heteroatoms. The summed E-state index contributed by atoms with van der Waals surface area (Å²) in [6, 6.07) is 0. The Bertz CT molecular complexity index is 336. The van der Waals surface area contributed by atoms with Gasteiger partial charge in [-0.15, -0.1) is 0 Å². The fraction of sp³-hybridized carbons (Fsp3) is 1.00. The summed E-state index contributed by atoms with van der Waals surface area (Å²) in [4.78, 5) is 17.9. The quantitative estimate of drug-likeness (QED) is 0.119. The normalized spacial score (nSPS) is 11.9. The van der Waals surface area contributed by atoms with Gasteiger partial charge in [-0.1, -0.05) is 111 Å². The Kier molecular flexibility index (Phi) is 34.6. The molecule has 0 rings (SSSR count). The molecule has 5 nitrogen and oxygen atoms in total. The van der Waals surface area contributed by atoms with E-state index in [1.165, 1.54) is 83.5 Å². The molecule has 0 heterocycles. The van der Waals surface area contributed by atoms with Gasteiger partial charge in [0.15, 0.2) is 0 Å². The van der Waals surface area contributed by atoms with Gasteiger partial charge in [-0.3, -0.25) is 4.57 Å². The summed E-state index contributed by atoms with van der Waals surface area (Å²) >= 11 is 0. The number of nitrogens with one attached hydrogen (secondary N) is 2. The standard InChI is InChI=1S/C15H33O3P.2C5H13N/c1-3-4-5-6-7-8-9-10-11-12-13-14-15(2)19(16,17)18;2*1-3-4-5-6-2/h15H,3-14H2,1-2H3,(H2,16,17,18);2*6H,3-5H2,1-2H3. The van der Waals surface area contributed by atoms with Crippen molar-refractivity contribution in [2.24, 2.45) is 0 Å². The van der Waals surface area contributed by atoms with Crippen molar-refractivity contribution in [1.82, 2.24) is 10.6 Å². The molecule has 4 N–H and O–H groups in total. The van der Waals surface area contributed by atoms with E-state index in [2.05, 4.69) is 31.4 Å². The van der Waals surface area contributed by atoms with Crippen molar-refractivity contribution in [1.29, 1.82) is 0 Å². The van der Waals surface area contributed by atoms with Crippen LogP contribution in [0.4, 0.5) is 0 Å². The van der Waals surface area contributed by atoms with Crippen molar-refractivity contribution in [3.05, 3.63) is 0 Å². The Hall–Kier alpha value is 0.0700. The molecule has 0 amide bonds. The summed E-state index contributed by atoms with van der Waals surface area (Å²) in [7, 11) is 0.127. The average Bonchev–Trinajstić information content (AvgIpc) is 2.74. The average molecular weight is 467 g/mol. The first kappa shape index (κ1) is 35.7. The molecule has 0 bridgehead atoms. The largest absolute Gasteiger partial charge is 0.328 e. The van der Waals surface area contributed by atoms with Crippen LogP contribution in [0.3, 0.4) is 0 Å². The fourth-order valence-corrected chi connectivity index (χ4v) is 3.50. The Balaban J connectivity index is -0.000000532. The molecule has 0 aromatic rings. The molecule has 0 saturated carbocycles. The Morgan fingerprint density at radius 1 is 0.613 bits per heavy atom. The number of hydrogen-bond acceptors (Lipinski definition) is 3. The number of rotatable bonds is 19. The second-order valence-corrected chi connectivity index (χ2v) is 10.7. The third-order valence-corrected chi connectivity index (χ3v) is 6.77. The highest BCUT2D eigenvalue weighted by Crippen LogP contribution is 2.43. The van der Waals surface area contributed by atoms with Crippen LogP contribution < -0.4 is 10.6 Å². The predicted octanol–water partition coefficient (Wildman–Crippen LogP) is 7.27. The SMILES string of the molecule is CCCCCCCCCCCCCC(C)P(=O)(O)O.CCCCNC.CCCCNC. The van der Waals surface area contributed by atoms with E-state index in [0.29, 0.717) is 6.42 Å². The third kappa shape index (κ3) is 37.7. The van der Waals surface area contributed by atoms with Crippen LogP contribution in [0, 0.1) is 0 Å². The molecule has 0 fully saturated rings. The van der Waals surface area contributed by atoms with Crippen molar-refractivity contribution in [2.45, 2.75) is 136 Å². The van der Waals surface area contributed by atoms with Crippen LogP contribution in [0.1, 0.15) is 130 Å². The van der Waals surface area contributed by atoms with Gasteiger partial charge in [0.1, 0.15) is 0 Å². The summed E-state index contributed by atoms with van der Waals surface area (Å²) in [6.45, 7) is 10.6. The van der Waals surface area contributed by atoms with Crippen molar-refractivity contribution in [3.63, 3.8) is 0 Å². The lowest BCUT2D eigenvalue weighted by Gasteiger charge is -2.12. The van der Waals surface area contributed by atoms with Gasteiger partial charge in [-0.2, -0.15) is 0 Å². The number of hydrogen-bond donors (Lipinski definition) is 4. The molecule has 192 valence electrons. The van der Waals surface area contributed by atoms with Crippen LogP contribution in [-0.2, 0) is 4.57 Å². The molecule has 0 saturated heterocycles.